The summed E-state index contributed by atoms with van der Waals surface area (Å²) in [4.78, 5) is 12.1. The van der Waals surface area contributed by atoms with Gasteiger partial charge in [-0.1, -0.05) is 57.9 Å². The van der Waals surface area contributed by atoms with E-state index in [1.807, 2.05) is 72.9 Å². The van der Waals surface area contributed by atoms with Crippen LogP contribution in [0.3, 0.4) is 0 Å². The van der Waals surface area contributed by atoms with E-state index in [-0.39, 0.29) is 12.5 Å². The molecule has 1 heterocycles. The number of para-hydroxylation sites is 1. The molecule has 31 heavy (non-hydrogen) atoms. The van der Waals surface area contributed by atoms with E-state index >= 15 is 0 Å². The van der Waals surface area contributed by atoms with Gasteiger partial charge in [-0.15, -0.1) is 0 Å². The van der Waals surface area contributed by atoms with Gasteiger partial charge in [-0.2, -0.15) is 5.10 Å². The summed E-state index contributed by atoms with van der Waals surface area (Å²) in [5.41, 5.74) is 6.63. The maximum Gasteiger partial charge on any atom is 0.259 e. The van der Waals surface area contributed by atoms with E-state index in [9.17, 15) is 4.79 Å². The van der Waals surface area contributed by atoms with E-state index in [4.69, 9.17) is 11.6 Å². The Labute approximate surface area is 193 Å². The molecule has 0 spiro atoms. The lowest BCUT2D eigenvalue weighted by Crippen LogP contribution is -2.25. The molecule has 0 bridgehead atoms. The van der Waals surface area contributed by atoms with Crippen LogP contribution in [0.25, 0.3) is 10.9 Å². The van der Waals surface area contributed by atoms with Crippen LogP contribution in [0.5, 0.6) is 0 Å². The fraction of sp³-hybridized carbons (Fsp3) is 0.0833. The van der Waals surface area contributed by atoms with Crippen molar-refractivity contribution in [1.29, 1.82) is 0 Å². The number of carbonyl (C=O) groups excluding carboxylic acids is 1. The van der Waals surface area contributed by atoms with Gasteiger partial charge in [-0.3, -0.25) is 4.79 Å². The highest BCUT2D eigenvalue weighted by Gasteiger charge is 2.07. The zero-order valence-electron chi connectivity index (χ0n) is 16.6. The van der Waals surface area contributed by atoms with E-state index < -0.39 is 0 Å². The molecule has 4 aromatic rings. The SMILES string of the molecule is O=C(CNc1ccc(Br)cc1)N/N=C\c1cn(Cc2ccc(Cl)cc2)c2ccccc12. The summed E-state index contributed by atoms with van der Waals surface area (Å²) in [5, 5.41) is 9.01. The number of anilines is 1. The average molecular weight is 496 g/mol. The molecule has 0 radical (unpaired) electrons. The summed E-state index contributed by atoms with van der Waals surface area (Å²) in [6, 6.07) is 23.6. The number of amides is 1. The minimum Gasteiger partial charge on any atom is -0.376 e. The number of nitrogens with one attached hydrogen (secondary N) is 2. The van der Waals surface area contributed by atoms with Crippen molar-refractivity contribution in [3.05, 3.63) is 99.6 Å². The van der Waals surface area contributed by atoms with Gasteiger partial charge in [0, 0.05) is 44.4 Å². The minimum atomic E-state index is -0.218. The van der Waals surface area contributed by atoms with Crippen molar-refractivity contribution in [2.75, 3.05) is 11.9 Å². The Hall–Kier alpha value is -3.09. The Morgan fingerprint density at radius 2 is 1.77 bits per heavy atom. The first-order valence-corrected chi connectivity index (χ1v) is 10.9. The van der Waals surface area contributed by atoms with Gasteiger partial charge < -0.3 is 9.88 Å². The summed E-state index contributed by atoms with van der Waals surface area (Å²) >= 11 is 9.38. The van der Waals surface area contributed by atoms with Crippen molar-refractivity contribution in [1.82, 2.24) is 9.99 Å². The molecule has 0 saturated carbocycles. The summed E-state index contributed by atoms with van der Waals surface area (Å²) < 4.78 is 3.15. The van der Waals surface area contributed by atoms with E-state index in [1.54, 1.807) is 6.21 Å². The summed E-state index contributed by atoms with van der Waals surface area (Å²) in [7, 11) is 0. The molecule has 0 aliphatic rings. The molecule has 2 N–H and O–H groups in total. The van der Waals surface area contributed by atoms with Crippen LogP contribution in [-0.4, -0.2) is 23.2 Å². The van der Waals surface area contributed by atoms with E-state index in [1.165, 1.54) is 0 Å². The van der Waals surface area contributed by atoms with E-state index in [0.29, 0.717) is 0 Å². The first kappa shape index (κ1) is 21.2. The van der Waals surface area contributed by atoms with Crippen LogP contribution in [0.15, 0.2) is 88.6 Å². The molecule has 1 amide bonds. The standard InChI is InChI=1S/C24H20BrClN4O/c25-19-7-11-21(12-8-19)27-14-24(31)29-28-13-18-16-30(23-4-2-1-3-22(18)23)15-17-5-9-20(26)10-6-17/h1-13,16,27H,14-15H2,(H,29,31)/b28-13-. The highest BCUT2D eigenvalue weighted by Crippen LogP contribution is 2.22. The maximum absolute atomic E-state index is 12.1. The van der Waals surface area contributed by atoms with Crippen molar-refractivity contribution in [2.45, 2.75) is 6.54 Å². The zero-order chi connectivity index (χ0) is 21.6. The van der Waals surface area contributed by atoms with Crippen molar-refractivity contribution >= 4 is 56.2 Å². The fourth-order valence-corrected chi connectivity index (χ4v) is 3.65. The molecule has 7 heteroatoms. The third-order valence-electron chi connectivity index (χ3n) is 4.78. The Morgan fingerprint density at radius 1 is 1.03 bits per heavy atom. The number of carbonyl (C=O) groups is 1. The quantitative estimate of drug-likeness (QED) is 0.256. The smallest absolute Gasteiger partial charge is 0.259 e. The number of hydrazone groups is 1. The van der Waals surface area contributed by atoms with Gasteiger partial charge in [0.2, 0.25) is 0 Å². The minimum absolute atomic E-state index is 0.136. The lowest BCUT2D eigenvalue weighted by Gasteiger charge is -2.05. The summed E-state index contributed by atoms with van der Waals surface area (Å²) in [6.45, 7) is 0.853. The number of nitrogens with zero attached hydrogens (tertiary/aromatic N) is 2. The van der Waals surface area contributed by atoms with Crippen molar-refractivity contribution in [2.24, 2.45) is 5.10 Å². The van der Waals surface area contributed by atoms with Gasteiger partial charge in [-0.25, -0.2) is 5.43 Å². The van der Waals surface area contributed by atoms with E-state index in [0.717, 1.165) is 43.8 Å². The third-order valence-corrected chi connectivity index (χ3v) is 5.56. The summed E-state index contributed by atoms with van der Waals surface area (Å²) in [5.74, 6) is -0.218. The molecule has 3 aromatic carbocycles. The fourth-order valence-electron chi connectivity index (χ4n) is 3.26. The number of fused-ring (bicyclic) bond motifs is 1. The third kappa shape index (κ3) is 5.54. The summed E-state index contributed by atoms with van der Waals surface area (Å²) in [6.07, 6.45) is 3.72. The Balaban J connectivity index is 1.42. The molecule has 0 aliphatic heterocycles. The van der Waals surface area contributed by atoms with Crippen LogP contribution >= 0.6 is 27.5 Å². The van der Waals surface area contributed by atoms with Gasteiger partial charge in [-0.05, 0) is 48.0 Å². The number of aromatic nitrogens is 1. The topological polar surface area (TPSA) is 58.4 Å². The van der Waals surface area contributed by atoms with Crippen LogP contribution < -0.4 is 10.7 Å². The van der Waals surface area contributed by atoms with Gasteiger partial charge in [0.1, 0.15) is 0 Å². The lowest BCUT2D eigenvalue weighted by molar-refractivity contribution is -0.119. The van der Waals surface area contributed by atoms with Gasteiger partial charge in [0.25, 0.3) is 5.91 Å². The van der Waals surface area contributed by atoms with Gasteiger partial charge in [0.05, 0.1) is 12.8 Å². The Morgan fingerprint density at radius 3 is 2.55 bits per heavy atom. The molecule has 0 aliphatic carbocycles. The van der Waals surface area contributed by atoms with Crippen molar-refractivity contribution in [3.8, 4) is 0 Å². The van der Waals surface area contributed by atoms with Gasteiger partial charge in [0.15, 0.2) is 0 Å². The number of halogens is 2. The highest BCUT2D eigenvalue weighted by atomic mass is 79.9. The van der Waals surface area contributed by atoms with Crippen LogP contribution in [0.1, 0.15) is 11.1 Å². The second-order valence-electron chi connectivity index (χ2n) is 7.01. The molecule has 156 valence electrons. The first-order valence-electron chi connectivity index (χ1n) is 9.72. The first-order chi connectivity index (χ1) is 15.1. The number of hydrogen-bond donors (Lipinski definition) is 2. The van der Waals surface area contributed by atoms with Crippen LogP contribution in [0.4, 0.5) is 5.69 Å². The largest absolute Gasteiger partial charge is 0.376 e. The zero-order valence-corrected chi connectivity index (χ0v) is 18.9. The highest BCUT2D eigenvalue weighted by molar-refractivity contribution is 9.10. The normalized spacial score (nSPS) is 11.2. The second kappa shape index (κ2) is 9.81. The molecule has 5 nitrogen and oxygen atoms in total. The van der Waals surface area contributed by atoms with E-state index in [2.05, 4.69) is 42.4 Å². The molecule has 0 atom stereocenters. The molecule has 4 rings (SSSR count). The van der Waals surface area contributed by atoms with Crippen molar-refractivity contribution in [3.63, 3.8) is 0 Å². The number of benzene rings is 3. The van der Waals surface area contributed by atoms with Crippen molar-refractivity contribution < 1.29 is 4.79 Å². The maximum atomic E-state index is 12.1. The van der Waals surface area contributed by atoms with Crippen LogP contribution in [0.2, 0.25) is 5.02 Å². The lowest BCUT2D eigenvalue weighted by atomic mass is 10.2. The van der Waals surface area contributed by atoms with Crippen LogP contribution in [0, 0.1) is 0 Å². The average Bonchev–Trinajstić information content (AvgIpc) is 3.12. The molecular weight excluding hydrogens is 476 g/mol. The molecule has 1 aromatic heterocycles. The number of rotatable bonds is 7. The Bertz CT molecular complexity index is 1220. The van der Waals surface area contributed by atoms with Crippen LogP contribution in [-0.2, 0) is 11.3 Å². The molecular formula is C24H20BrClN4O. The molecule has 0 saturated heterocycles. The number of hydrogen-bond acceptors (Lipinski definition) is 3. The van der Waals surface area contributed by atoms with Gasteiger partial charge >= 0.3 is 0 Å². The predicted octanol–water partition coefficient (Wildman–Crippen LogP) is 5.67. The second-order valence-corrected chi connectivity index (χ2v) is 8.36. The molecule has 0 fully saturated rings. The molecule has 0 unspecified atom stereocenters. The predicted molar refractivity (Wildman–Crippen MR) is 131 cm³/mol. The Kier molecular flexibility index (Phi) is 6.70. The monoisotopic (exact) mass is 494 g/mol.